The Morgan fingerprint density at radius 1 is 1.16 bits per heavy atom. The molecule has 0 fully saturated rings. The van der Waals surface area contributed by atoms with Gasteiger partial charge in [-0.2, -0.15) is 0 Å². The Morgan fingerprint density at radius 3 is 2.37 bits per heavy atom. The molecule has 0 aliphatic rings. The molecule has 0 aliphatic carbocycles. The molecule has 0 aromatic heterocycles. The average molecular weight is 280 g/mol. The first-order valence-electron chi connectivity index (χ1n) is 5.76. The number of nitrogens with zero attached hydrogens (tertiary/aromatic N) is 1. The fraction of sp³-hybridized carbons (Fsp3) is 0.143. The molecule has 0 aliphatic heterocycles. The number of benzene rings is 2. The third kappa shape index (κ3) is 3.09. The van der Waals surface area contributed by atoms with E-state index in [2.05, 4.69) is 5.32 Å². The summed E-state index contributed by atoms with van der Waals surface area (Å²) in [5.74, 6) is -0.497. The van der Waals surface area contributed by atoms with Gasteiger partial charge in [0.05, 0.1) is 16.4 Å². The van der Waals surface area contributed by atoms with Crippen LogP contribution in [0.1, 0.15) is 0 Å². The van der Waals surface area contributed by atoms with Crippen molar-refractivity contribution in [3.8, 4) is 0 Å². The molecule has 0 atom stereocenters. The second-order valence-corrected chi connectivity index (χ2v) is 4.83. The van der Waals surface area contributed by atoms with Crippen LogP contribution in [-0.2, 0) is 0 Å². The molecule has 0 bridgehead atoms. The SMILES string of the molecule is CN(C)c1ccc(Nc2cc(F)c(Cl)cc2N)cc1. The van der Waals surface area contributed by atoms with Gasteiger partial charge in [0.25, 0.3) is 0 Å². The quantitative estimate of drug-likeness (QED) is 0.838. The highest BCUT2D eigenvalue weighted by molar-refractivity contribution is 6.31. The van der Waals surface area contributed by atoms with Gasteiger partial charge in [-0.15, -0.1) is 0 Å². The van der Waals surface area contributed by atoms with Gasteiger partial charge in [0.2, 0.25) is 0 Å². The van der Waals surface area contributed by atoms with Crippen LogP contribution in [0.3, 0.4) is 0 Å². The van der Waals surface area contributed by atoms with E-state index in [0.29, 0.717) is 11.4 Å². The van der Waals surface area contributed by atoms with Crippen molar-refractivity contribution in [3.63, 3.8) is 0 Å². The monoisotopic (exact) mass is 279 g/mol. The topological polar surface area (TPSA) is 41.3 Å². The van der Waals surface area contributed by atoms with Crippen LogP contribution in [-0.4, -0.2) is 14.1 Å². The average Bonchev–Trinajstić information content (AvgIpc) is 2.36. The minimum atomic E-state index is -0.497. The van der Waals surface area contributed by atoms with Gasteiger partial charge in [-0.25, -0.2) is 4.39 Å². The first kappa shape index (κ1) is 13.5. The van der Waals surface area contributed by atoms with Crippen molar-refractivity contribution in [1.82, 2.24) is 0 Å². The molecule has 3 N–H and O–H groups in total. The summed E-state index contributed by atoms with van der Waals surface area (Å²) < 4.78 is 13.4. The molecule has 100 valence electrons. The molecule has 0 radical (unpaired) electrons. The molecular weight excluding hydrogens is 265 g/mol. The van der Waals surface area contributed by atoms with Crippen LogP contribution < -0.4 is 16.0 Å². The summed E-state index contributed by atoms with van der Waals surface area (Å²) in [6.45, 7) is 0. The summed E-state index contributed by atoms with van der Waals surface area (Å²) in [6, 6.07) is 10.4. The van der Waals surface area contributed by atoms with Crippen molar-refractivity contribution in [2.24, 2.45) is 0 Å². The summed E-state index contributed by atoms with van der Waals surface area (Å²) >= 11 is 5.66. The van der Waals surface area contributed by atoms with Crippen LogP contribution in [0.5, 0.6) is 0 Å². The molecular formula is C14H15ClFN3. The number of nitrogens with two attached hydrogens (primary N) is 1. The minimum Gasteiger partial charge on any atom is -0.397 e. The van der Waals surface area contributed by atoms with Crippen LogP contribution >= 0.6 is 11.6 Å². The summed E-state index contributed by atoms with van der Waals surface area (Å²) in [5.41, 5.74) is 8.62. The first-order chi connectivity index (χ1) is 8.97. The lowest BCUT2D eigenvalue weighted by molar-refractivity contribution is 0.629. The number of nitrogens with one attached hydrogen (secondary N) is 1. The van der Waals surface area contributed by atoms with Gasteiger partial charge in [0, 0.05) is 31.5 Å². The lowest BCUT2D eigenvalue weighted by Gasteiger charge is -2.14. The highest BCUT2D eigenvalue weighted by atomic mass is 35.5. The molecule has 0 unspecified atom stereocenters. The predicted octanol–water partition coefficient (Wildman–Crippen LogP) is 3.87. The van der Waals surface area contributed by atoms with Crippen LogP contribution in [0.25, 0.3) is 0 Å². The van der Waals surface area contributed by atoms with Crippen LogP contribution in [0.2, 0.25) is 5.02 Å². The highest BCUT2D eigenvalue weighted by Gasteiger charge is 2.06. The van der Waals surface area contributed by atoms with E-state index in [9.17, 15) is 4.39 Å². The van der Waals surface area contributed by atoms with Crippen molar-refractivity contribution >= 4 is 34.4 Å². The molecule has 0 spiro atoms. The van der Waals surface area contributed by atoms with E-state index in [1.165, 1.54) is 12.1 Å². The molecule has 0 amide bonds. The van der Waals surface area contributed by atoms with Crippen molar-refractivity contribution in [2.45, 2.75) is 0 Å². The highest BCUT2D eigenvalue weighted by Crippen LogP contribution is 2.29. The Kier molecular flexibility index (Phi) is 3.81. The molecule has 0 saturated carbocycles. The van der Waals surface area contributed by atoms with Crippen LogP contribution in [0, 0.1) is 5.82 Å². The van der Waals surface area contributed by atoms with Gasteiger partial charge in [-0.05, 0) is 30.3 Å². The van der Waals surface area contributed by atoms with E-state index in [1.54, 1.807) is 0 Å². The fourth-order valence-corrected chi connectivity index (χ4v) is 1.84. The molecule has 2 aromatic rings. The molecule has 2 aromatic carbocycles. The molecule has 19 heavy (non-hydrogen) atoms. The summed E-state index contributed by atoms with van der Waals surface area (Å²) in [7, 11) is 3.93. The zero-order valence-corrected chi connectivity index (χ0v) is 11.5. The van der Waals surface area contributed by atoms with Crippen molar-refractivity contribution in [2.75, 3.05) is 30.0 Å². The summed E-state index contributed by atoms with van der Waals surface area (Å²) in [5, 5.41) is 3.08. The van der Waals surface area contributed by atoms with Crippen molar-refractivity contribution in [3.05, 3.63) is 47.2 Å². The predicted molar refractivity (Wildman–Crippen MR) is 79.9 cm³/mol. The number of halogens is 2. The maximum atomic E-state index is 13.4. The zero-order chi connectivity index (χ0) is 14.0. The van der Waals surface area contributed by atoms with Gasteiger partial charge in [0.1, 0.15) is 5.82 Å². The van der Waals surface area contributed by atoms with Gasteiger partial charge < -0.3 is 16.0 Å². The minimum absolute atomic E-state index is 0.0194. The van der Waals surface area contributed by atoms with E-state index < -0.39 is 5.82 Å². The largest absolute Gasteiger partial charge is 0.397 e. The molecule has 0 heterocycles. The number of nitrogen functional groups attached to an aromatic ring is 1. The van der Waals surface area contributed by atoms with E-state index >= 15 is 0 Å². The van der Waals surface area contributed by atoms with E-state index in [0.717, 1.165) is 11.4 Å². The second-order valence-electron chi connectivity index (χ2n) is 4.42. The van der Waals surface area contributed by atoms with Gasteiger partial charge in [-0.1, -0.05) is 11.6 Å². The van der Waals surface area contributed by atoms with Crippen LogP contribution in [0.4, 0.5) is 27.1 Å². The first-order valence-corrected chi connectivity index (χ1v) is 6.14. The van der Waals surface area contributed by atoms with E-state index in [4.69, 9.17) is 17.3 Å². The lowest BCUT2D eigenvalue weighted by Crippen LogP contribution is -2.08. The van der Waals surface area contributed by atoms with Gasteiger partial charge in [0.15, 0.2) is 0 Å². The Labute approximate surface area is 116 Å². The molecule has 5 heteroatoms. The Hall–Kier alpha value is -1.94. The lowest BCUT2D eigenvalue weighted by atomic mass is 10.2. The maximum Gasteiger partial charge on any atom is 0.144 e. The number of rotatable bonds is 3. The van der Waals surface area contributed by atoms with E-state index in [-0.39, 0.29) is 5.02 Å². The van der Waals surface area contributed by atoms with Crippen LogP contribution in [0.15, 0.2) is 36.4 Å². The normalized spacial score (nSPS) is 10.3. The smallest absolute Gasteiger partial charge is 0.144 e. The number of hydrogen-bond acceptors (Lipinski definition) is 3. The van der Waals surface area contributed by atoms with Crippen molar-refractivity contribution in [1.29, 1.82) is 0 Å². The summed E-state index contributed by atoms with van der Waals surface area (Å²) in [4.78, 5) is 2.00. The fourth-order valence-electron chi connectivity index (χ4n) is 1.67. The van der Waals surface area contributed by atoms with Gasteiger partial charge in [-0.3, -0.25) is 0 Å². The third-order valence-electron chi connectivity index (χ3n) is 2.76. The third-order valence-corrected chi connectivity index (χ3v) is 3.04. The standard InChI is InChI=1S/C14H15ClFN3/c1-19(2)10-5-3-9(4-6-10)18-14-8-12(16)11(15)7-13(14)17/h3-8,18H,17H2,1-2H3. The summed E-state index contributed by atoms with van der Waals surface area (Å²) in [6.07, 6.45) is 0. The second kappa shape index (κ2) is 5.36. The van der Waals surface area contributed by atoms with Crippen molar-refractivity contribution < 1.29 is 4.39 Å². The molecule has 0 saturated heterocycles. The molecule has 2 rings (SSSR count). The van der Waals surface area contributed by atoms with E-state index in [1.807, 2.05) is 43.3 Å². The number of hydrogen-bond donors (Lipinski definition) is 2. The van der Waals surface area contributed by atoms with Gasteiger partial charge >= 0.3 is 0 Å². The Balaban J connectivity index is 2.24. The number of anilines is 4. The zero-order valence-electron chi connectivity index (χ0n) is 10.7. The Morgan fingerprint density at radius 2 is 1.79 bits per heavy atom. The Bertz CT molecular complexity index is 582. The molecule has 3 nitrogen and oxygen atoms in total. The maximum absolute atomic E-state index is 13.4.